The van der Waals surface area contributed by atoms with Gasteiger partial charge in [-0.05, 0) is 18.2 Å². The highest BCUT2D eigenvalue weighted by Crippen LogP contribution is 2.38. The second-order valence-corrected chi connectivity index (χ2v) is 6.81. The summed E-state index contributed by atoms with van der Waals surface area (Å²) in [5.74, 6) is -0.793. The lowest BCUT2D eigenvalue weighted by Gasteiger charge is -2.10. The predicted octanol–water partition coefficient (Wildman–Crippen LogP) is 4.49. The SMILES string of the molecule is CO[n+]1cc(Cl)c(NC(=O)c2ccc(OC(F)F)c3oc4ccncc4c23)c(Cl)c1. The number of nitrogens with one attached hydrogen (secondary N) is 1. The van der Waals surface area contributed by atoms with Crippen LogP contribution >= 0.6 is 23.2 Å². The van der Waals surface area contributed by atoms with Crippen molar-refractivity contribution in [1.82, 2.24) is 4.98 Å². The second kappa shape index (κ2) is 7.92. The molecule has 0 aliphatic heterocycles. The van der Waals surface area contributed by atoms with Crippen molar-refractivity contribution in [1.29, 1.82) is 0 Å². The number of carbonyl (C=O) groups excluding carboxylic acids is 1. The Kier molecular flexibility index (Phi) is 5.31. The molecular formula is C19H12Cl2F2N3O4+. The number of halogens is 4. The van der Waals surface area contributed by atoms with Gasteiger partial charge in [-0.3, -0.25) is 14.6 Å². The van der Waals surface area contributed by atoms with Gasteiger partial charge in [0.1, 0.15) is 22.7 Å². The molecule has 7 nitrogen and oxygen atoms in total. The summed E-state index contributed by atoms with van der Waals surface area (Å²) in [6.45, 7) is -3.06. The smallest absolute Gasteiger partial charge is 0.387 e. The Bertz CT molecular complexity index is 1260. The standard InChI is InChI=1S/C19H11Cl2F2N3O4/c1-28-26-7-11(20)16(12(21)8-26)25-18(27)9-2-3-14(30-19(22)23)17-15(9)10-6-24-5-4-13(10)29-17/h2-8,19H,1H3/p+1. The Balaban J connectivity index is 1.84. The molecule has 3 aromatic heterocycles. The highest BCUT2D eigenvalue weighted by atomic mass is 35.5. The number of fused-ring (bicyclic) bond motifs is 3. The van der Waals surface area contributed by atoms with E-state index in [0.717, 1.165) is 0 Å². The number of ether oxygens (including phenoxy) is 1. The summed E-state index contributed by atoms with van der Waals surface area (Å²) in [4.78, 5) is 22.1. The number of hydrogen-bond donors (Lipinski definition) is 1. The van der Waals surface area contributed by atoms with Gasteiger partial charge in [-0.25, -0.2) is 0 Å². The summed E-state index contributed by atoms with van der Waals surface area (Å²) in [5, 5.41) is 3.62. The van der Waals surface area contributed by atoms with Crippen LogP contribution in [0, 0.1) is 0 Å². The van der Waals surface area contributed by atoms with Gasteiger partial charge in [0.2, 0.25) is 12.4 Å². The van der Waals surface area contributed by atoms with Gasteiger partial charge in [-0.1, -0.05) is 23.2 Å². The number of rotatable bonds is 5. The third-order valence-corrected chi connectivity index (χ3v) is 4.83. The number of carbonyl (C=O) groups is 1. The van der Waals surface area contributed by atoms with E-state index in [2.05, 4.69) is 15.0 Å². The third-order valence-electron chi connectivity index (χ3n) is 4.25. The monoisotopic (exact) mass is 454 g/mol. The highest BCUT2D eigenvalue weighted by molar-refractivity contribution is 6.39. The van der Waals surface area contributed by atoms with Gasteiger partial charge in [-0.15, -0.1) is 0 Å². The van der Waals surface area contributed by atoms with Crippen LogP contribution in [-0.2, 0) is 0 Å². The average molecular weight is 455 g/mol. The highest BCUT2D eigenvalue weighted by Gasteiger charge is 2.23. The molecule has 154 valence electrons. The fourth-order valence-electron chi connectivity index (χ4n) is 2.99. The van der Waals surface area contributed by atoms with E-state index in [1.165, 1.54) is 48.8 Å². The zero-order valence-corrected chi connectivity index (χ0v) is 16.7. The zero-order valence-electron chi connectivity index (χ0n) is 15.2. The molecule has 3 heterocycles. The molecule has 0 unspecified atom stereocenters. The number of aromatic nitrogens is 2. The lowest BCUT2D eigenvalue weighted by Crippen LogP contribution is -2.40. The maximum Gasteiger partial charge on any atom is 0.387 e. The Morgan fingerprint density at radius 1 is 1.23 bits per heavy atom. The van der Waals surface area contributed by atoms with E-state index in [-0.39, 0.29) is 38.0 Å². The quantitative estimate of drug-likeness (QED) is 0.449. The van der Waals surface area contributed by atoms with Crippen LogP contribution in [0.25, 0.3) is 21.9 Å². The molecule has 0 saturated heterocycles. The molecule has 0 atom stereocenters. The summed E-state index contributed by atoms with van der Waals surface area (Å²) < 4.78 is 37.1. The van der Waals surface area contributed by atoms with E-state index in [1.54, 1.807) is 6.07 Å². The van der Waals surface area contributed by atoms with Gasteiger partial charge in [0.05, 0.1) is 11.3 Å². The molecule has 0 spiro atoms. The van der Waals surface area contributed by atoms with E-state index >= 15 is 0 Å². The Hall–Kier alpha value is -3.17. The lowest BCUT2D eigenvalue weighted by molar-refractivity contribution is -0.885. The molecular weight excluding hydrogens is 443 g/mol. The minimum atomic E-state index is -3.06. The van der Waals surface area contributed by atoms with Gasteiger partial charge in [-0.2, -0.15) is 8.78 Å². The van der Waals surface area contributed by atoms with Crippen LogP contribution in [0.5, 0.6) is 5.75 Å². The van der Waals surface area contributed by atoms with Crippen molar-refractivity contribution < 1.29 is 32.3 Å². The number of alkyl halides is 2. The zero-order chi connectivity index (χ0) is 21.4. The number of benzene rings is 1. The summed E-state index contributed by atoms with van der Waals surface area (Å²) >= 11 is 12.4. The van der Waals surface area contributed by atoms with Crippen molar-refractivity contribution in [2.45, 2.75) is 6.61 Å². The first-order chi connectivity index (χ1) is 14.4. The second-order valence-electron chi connectivity index (χ2n) is 5.99. The van der Waals surface area contributed by atoms with Crippen LogP contribution in [0.4, 0.5) is 14.5 Å². The minimum absolute atomic E-state index is 0.00608. The number of amides is 1. The molecule has 1 N–H and O–H groups in total. The minimum Gasteiger partial charge on any atom is -0.452 e. The first kappa shape index (κ1) is 20.1. The number of nitrogens with zero attached hydrogens (tertiary/aromatic N) is 2. The first-order valence-electron chi connectivity index (χ1n) is 8.39. The van der Waals surface area contributed by atoms with Crippen LogP contribution in [0.15, 0.2) is 47.4 Å². The molecule has 0 fully saturated rings. The number of anilines is 1. The van der Waals surface area contributed by atoms with E-state index < -0.39 is 12.5 Å². The molecule has 0 bridgehead atoms. The Morgan fingerprint density at radius 3 is 2.63 bits per heavy atom. The molecule has 4 aromatic rings. The van der Waals surface area contributed by atoms with Crippen molar-refractivity contribution in [3.05, 3.63) is 58.6 Å². The van der Waals surface area contributed by atoms with Gasteiger partial charge in [0, 0.05) is 27.9 Å². The third kappa shape index (κ3) is 3.57. The molecule has 0 saturated carbocycles. The topological polar surface area (TPSA) is 77.5 Å². The molecule has 0 radical (unpaired) electrons. The maximum atomic E-state index is 13.0. The lowest BCUT2D eigenvalue weighted by atomic mass is 10.1. The van der Waals surface area contributed by atoms with E-state index in [1.807, 2.05) is 0 Å². The molecule has 30 heavy (non-hydrogen) atoms. The van der Waals surface area contributed by atoms with Crippen molar-refractivity contribution in [3.63, 3.8) is 0 Å². The molecule has 0 aliphatic rings. The van der Waals surface area contributed by atoms with Crippen molar-refractivity contribution >= 4 is 56.7 Å². The fraction of sp³-hybridized carbons (Fsp3) is 0.105. The summed E-state index contributed by atoms with van der Waals surface area (Å²) in [7, 11) is 1.42. The van der Waals surface area contributed by atoms with Crippen LogP contribution in [0.1, 0.15) is 10.4 Å². The predicted molar refractivity (Wildman–Crippen MR) is 105 cm³/mol. The molecule has 0 aliphatic carbocycles. The van der Waals surface area contributed by atoms with Crippen LogP contribution < -0.4 is 19.6 Å². The Labute approximate surface area is 177 Å². The maximum absolute atomic E-state index is 13.0. The summed E-state index contributed by atoms with van der Waals surface area (Å²) in [6, 6.07) is 4.13. The van der Waals surface area contributed by atoms with Crippen LogP contribution in [-0.4, -0.2) is 24.6 Å². The van der Waals surface area contributed by atoms with Gasteiger partial charge in [0.15, 0.2) is 11.3 Å². The van der Waals surface area contributed by atoms with Crippen molar-refractivity contribution in [2.75, 3.05) is 12.4 Å². The van der Waals surface area contributed by atoms with E-state index in [0.29, 0.717) is 11.0 Å². The van der Waals surface area contributed by atoms with Crippen molar-refractivity contribution in [2.24, 2.45) is 0 Å². The summed E-state index contributed by atoms with van der Waals surface area (Å²) in [6.07, 6.45) is 5.77. The fourth-order valence-corrected chi connectivity index (χ4v) is 3.53. The molecule has 1 aromatic carbocycles. The average Bonchev–Trinajstić information content (AvgIpc) is 3.10. The normalized spacial score (nSPS) is 11.3. The van der Waals surface area contributed by atoms with Crippen LogP contribution in [0.2, 0.25) is 10.0 Å². The molecule has 4 rings (SSSR count). The van der Waals surface area contributed by atoms with Gasteiger partial charge >= 0.3 is 6.61 Å². The first-order valence-corrected chi connectivity index (χ1v) is 9.14. The van der Waals surface area contributed by atoms with Crippen molar-refractivity contribution in [3.8, 4) is 5.75 Å². The van der Waals surface area contributed by atoms with Gasteiger partial charge < -0.3 is 14.5 Å². The number of pyridine rings is 2. The Morgan fingerprint density at radius 2 is 1.97 bits per heavy atom. The van der Waals surface area contributed by atoms with E-state index in [4.69, 9.17) is 32.5 Å². The van der Waals surface area contributed by atoms with Crippen LogP contribution in [0.3, 0.4) is 0 Å². The summed E-state index contributed by atoms with van der Waals surface area (Å²) in [5.41, 5.74) is 0.641. The molecule has 1 amide bonds. The largest absolute Gasteiger partial charge is 0.452 e. The van der Waals surface area contributed by atoms with Gasteiger partial charge in [0.25, 0.3) is 5.91 Å². The number of hydrogen-bond acceptors (Lipinski definition) is 5. The van der Waals surface area contributed by atoms with E-state index in [9.17, 15) is 13.6 Å². The number of furan rings is 1. The molecule has 11 heteroatoms.